The molecule has 0 saturated carbocycles. The molecule has 0 unspecified atom stereocenters. The minimum atomic E-state index is -4.67. The van der Waals surface area contributed by atoms with Gasteiger partial charge < -0.3 is 0 Å². The van der Waals surface area contributed by atoms with Crippen LogP contribution in [0.5, 0.6) is 0 Å². The van der Waals surface area contributed by atoms with Gasteiger partial charge in [0.05, 0.1) is 8.41 Å². The Kier molecular flexibility index (Phi) is 27.4. The van der Waals surface area contributed by atoms with E-state index in [9.17, 15) is 0 Å². The van der Waals surface area contributed by atoms with Crippen molar-refractivity contribution in [2.75, 3.05) is 0 Å². The van der Waals surface area contributed by atoms with Gasteiger partial charge >= 0.3 is 69.1 Å². The quantitative estimate of drug-likeness (QED) is 0.555. The molecule has 2 N–H and O–H groups in total. The van der Waals surface area contributed by atoms with Crippen LogP contribution >= 0.6 is 0 Å². The normalized spacial score (nSPS) is 7.76. The van der Waals surface area contributed by atoms with Crippen LogP contribution in [0.4, 0.5) is 14.1 Å². The van der Waals surface area contributed by atoms with Crippen LogP contribution < -0.4 is 0 Å². The van der Waals surface area contributed by atoms with Crippen molar-refractivity contribution in [1.29, 1.82) is 0 Å². The summed E-state index contributed by atoms with van der Waals surface area (Å²) in [6.07, 6.45) is 0. The maximum atomic E-state index is 8.74. The SMILES string of the molecule is B.F.F.F.O=S(=O)(O)O.[Li][CH2]c1ccccc1. The Morgan fingerprint density at radius 1 is 1.00 bits per heavy atom. The van der Waals surface area contributed by atoms with Crippen LogP contribution in [0, 0.1) is 0 Å². The molecular weight excluding hydrogens is 255 g/mol. The van der Waals surface area contributed by atoms with Gasteiger partial charge in [-0.05, 0) is 0 Å². The van der Waals surface area contributed by atoms with Gasteiger partial charge in [0.25, 0.3) is 0 Å². The Morgan fingerprint density at radius 2 is 1.29 bits per heavy atom. The first-order valence-electron chi connectivity index (χ1n) is 3.67. The summed E-state index contributed by atoms with van der Waals surface area (Å²) in [6.45, 7) is 0. The summed E-state index contributed by atoms with van der Waals surface area (Å²) < 4.78 is 31.6. The van der Waals surface area contributed by atoms with Gasteiger partial charge in [-0.2, -0.15) is 8.42 Å². The van der Waals surface area contributed by atoms with Gasteiger partial charge in [-0.25, -0.2) is 0 Å². The first-order valence-corrected chi connectivity index (χ1v) is 5.07. The average Bonchev–Trinajstić information content (AvgIpc) is 2.03. The van der Waals surface area contributed by atoms with Gasteiger partial charge in [0.15, 0.2) is 0 Å². The molecule has 0 amide bonds. The molecule has 1 rings (SSSR count). The van der Waals surface area contributed by atoms with E-state index >= 15 is 0 Å². The van der Waals surface area contributed by atoms with Gasteiger partial charge in [0, 0.05) is 0 Å². The van der Waals surface area contributed by atoms with E-state index in [2.05, 4.69) is 42.0 Å². The summed E-state index contributed by atoms with van der Waals surface area (Å²) in [4.78, 5) is 0. The van der Waals surface area contributed by atoms with E-state index in [1.807, 2.05) is 6.07 Å². The van der Waals surface area contributed by atoms with E-state index in [0.29, 0.717) is 0 Å². The number of hydrogen-bond donors (Lipinski definition) is 2. The zero-order chi connectivity index (χ0) is 10.3. The second-order valence-corrected chi connectivity index (χ2v) is 3.18. The Hall–Kier alpha value is -0.458. The molecule has 1 aromatic rings. The molecule has 1 aromatic carbocycles. The number of halogens is 3. The van der Waals surface area contributed by atoms with Crippen molar-refractivity contribution >= 4 is 36.5 Å². The predicted octanol–water partition coefficient (Wildman–Crippen LogP) is -0.0241. The summed E-state index contributed by atoms with van der Waals surface area (Å²) >= 11 is 2.16. The van der Waals surface area contributed by atoms with E-state index < -0.39 is 10.4 Å². The molecule has 0 fully saturated rings. The van der Waals surface area contributed by atoms with E-state index in [1.54, 1.807) is 0 Å². The van der Waals surface area contributed by atoms with Crippen LogP contribution in [-0.2, 0) is 15.5 Å². The van der Waals surface area contributed by atoms with Gasteiger partial charge in [-0.1, -0.05) is 0 Å². The summed E-state index contributed by atoms with van der Waals surface area (Å²) in [5.41, 5.74) is 1.41. The third-order valence-corrected chi connectivity index (χ3v) is 1.25. The van der Waals surface area contributed by atoms with Gasteiger partial charge in [-0.15, -0.1) is 0 Å². The molecule has 0 spiro atoms. The summed E-state index contributed by atoms with van der Waals surface area (Å²) in [6, 6.07) is 10.5. The Labute approximate surface area is 109 Å². The fourth-order valence-corrected chi connectivity index (χ4v) is 0.714. The van der Waals surface area contributed by atoms with Crippen LogP contribution in [0.1, 0.15) is 5.56 Å². The monoisotopic (exact) mass is 270 g/mol. The average molecular weight is 270 g/mol. The zero-order valence-corrected chi connectivity index (χ0v) is 9.25. The summed E-state index contributed by atoms with van der Waals surface area (Å²) in [7, 11) is -4.67. The molecule has 0 atom stereocenters. The Morgan fingerprint density at radius 3 is 1.47 bits per heavy atom. The number of rotatable bonds is 1. The van der Waals surface area contributed by atoms with Crippen molar-refractivity contribution in [3.05, 3.63) is 35.9 Å². The van der Waals surface area contributed by atoms with E-state index in [1.165, 1.54) is 5.56 Å². The molecule has 17 heavy (non-hydrogen) atoms. The second-order valence-electron chi connectivity index (χ2n) is 2.29. The van der Waals surface area contributed by atoms with E-state index in [-0.39, 0.29) is 22.5 Å². The Balaban J connectivity index is -0.0000000489. The van der Waals surface area contributed by atoms with Crippen molar-refractivity contribution in [1.82, 2.24) is 0 Å². The van der Waals surface area contributed by atoms with Crippen LogP contribution in [-0.4, -0.2) is 43.7 Å². The van der Waals surface area contributed by atoms with Crippen molar-refractivity contribution < 1.29 is 31.6 Å². The fourth-order valence-electron chi connectivity index (χ4n) is 0.714. The van der Waals surface area contributed by atoms with Crippen LogP contribution in [0.3, 0.4) is 0 Å². The van der Waals surface area contributed by atoms with Gasteiger partial charge in [0.1, 0.15) is 0 Å². The van der Waals surface area contributed by atoms with E-state index in [0.717, 1.165) is 5.09 Å². The zero-order valence-electron chi connectivity index (χ0n) is 8.44. The van der Waals surface area contributed by atoms with Crippen molar-refractivity contribution in [3.8, 4) is 0 Å². The van der Waals surface area contributed by atoms with Crippen molar-refractivity contribution in [2.24, 2.45) is 0 Å². The first kappa shape index (κ1) is 30.0. The topological polar surface area (TPSA) is 74.6 Å². The van der Waals surface area contributed by atoms with Gasteiger partial charge in [0.2, 0.25) is 0 Å². The standard InChI is InChI=1S/C7H7.BH3.3FH.Li.H2O4S/c1-7-5-3-2-4-6-7;;;;;;1-5(2,3)4/h2-6H,1H2;1H3;3*1H;;(H2,1,2,3,4). The molecule has 0 aliphatic rings. The Bertz CT molecular complexity index is 330. The molecule has 98 valence electrons. The summed E-state index contributed by atoms with van der Waals surface area (Å²) in [5, 5.41) is 1.14. The van der Waals surface area contributed by atoms with E-state index in [4.69, 9.17) is 17.5 Å². The van der Waals surface area contributed by atoms with Gasteiger partial charge in [-0.3, -0.25) is 23.2 Å². The number of hydrogen-bond acceptors (Lipinski definition) is 2. The second kappa shape index (κ2) is 15.5. The molecule has 0 aliphatic heterocycles. The molecule has 0 bridgehead atoms. The van der Waals surface area contributed by atoms with Crippen molar-refractivity contribution in [3.63, 3.8) is 0 Å². The third kappa shape index (κ3) is 31.3. The molecule has 0 radical (unpaired) electrons. The van der Waals surface area contributed by atoms with Crippen molar-refractivity contribution in [2.45, 2.75) is 5.09 Å². The molecule has 10 heteroatoms. The molecule has 0 saturated heterocycles. The predicted molar refractivity (Wildman–Crippen MR) is 67.5 cm³/mol. The van der Waals surface area contributed by atoms with Crippen LogP contribution in [0.25, 0.3) is 0 Å². The van der Waals surface area contributed by atoms with Crippen LogP contribution in [0.2, 0.25) is 0 Å². The summed E-state index contributed by atoms with van der Waals surface area (Å²) in [5.74, 6) is 0. The van der Waals surface area contributed by atoms with Crippen LogP contribution in [0.15, 0.2) is 30.3 Å². The molecule has 0 aliphatic carbocycles. The third-order valence-electron chi connectivity index (χ3n) is 1.25. The first-order chi connectivity index (χ1) is 5.93. The maximum absolute atomic E-state index is 8.74. The molecule has 4 nitrogen and oxygen atoms in total. The molecule has 0 heterocycles. The molecule has 0 aromatic heterocycles. The minimum absolute atomic E-state index is 0. The fraction of sp³-hybridized carbons (Fsp3) is 0.143. The molecular formula is C7H15BF3LiO4S. The number of benzene rings is 1.